The largest absolute Gasteiger partial charge is 0.483 e. The number of amides is 1. The Morgan fingerprint density at radius 1 is 1.14 bits per heavy atom. The lowest BCUT2D eigenvalue weighted by Crippen LogP contribution is -2.79. The number of hydrogen-bond donors (Lipinski definition) is 0. The van der Waals surface area contributed by atoms with Gasteiger partial charge in [0.15, 0.2) is 11.5 Å². The van der Waals surface area contributed by atoms with Gasteiger partial charge in [-0.2, -0.15) is 0 Å². The van der Waals surface area contributed by atoms with Gasteiger partial charge in [0, 0.05) is 50.5 Å². The normalized spacial score (nSPS) is 27.7. The van der Waals surface area contributed by atoms with Gasteiger partial charge in [-0.3, -0.25) is 19.3 Å². The van der Waals surface area contributed by atoms with Gasteiger partial charge in [-0.25, -0.2) is 0 Å². The molecule has 1 saturated carbocycles. The summed E-state index contributed by atoms with van der Waals surface area (Å²) in [7, 11) is 0. The van der Waals surface area contributed by atoms with Gasteiger partial charge in [0.2, 0.25) is 0 Å². The minimum absolute atomic E-state index is 0.102. The Morgan fingerprint density at radius 3 is 2.59 bits per heavy atom. The van der Waals surface area contributed by atoms with Crippen LogP contribution in [0.4, 0.5) is 0 Å². The van der Waals surface area contributed by atoms with Crippen molar-refractivity contribution in [3.8, 4) is 23.3 Å². The molecule has 1 saturated heterocycles. The summed E-state index contributed by atoms with van der Waals surface area (Å²) in [4.78, 5) is 43.3. The number of hydrogen-bond acceptors (Lipinski definition) is 7. The number of likely N-dealkylation sites (tertiary alicyclic amines) is 1. The van der Waals surface area contributed by atoms with E-state index >= 15 is 0 Å². The molecule has 2 aromatic rings. The molecule has 2 aromatic carbocycles. The Labute approximate surface area is 259 Å². The van der Waals surface area contributed by atoms with Crippen LogP contribution in [0.1, 0.15) is 63.6 Å². The molecule has 44 heavy (non-hydrogen) atoms. The third-order valence-corrected chi connectivity index (χ3v) is 9.74. The molecule has 0 unspecified atom stereocenters. The fourth-order valence-corrected chi connectivity index (χ4v) is 8.45. The molecule has 230 valence electrons. The molecular weight excluding hydrogens is 556 g/mol. The summed E-state index contributed by atoms with van der Waals surface area (Å²) in [6, 6.07) is 12.8. The molecule has 2 heterocycles. The summed E-state index contributed by atoms with van der Waals surface area (Å²) in [5.74, 6) is 5.95. The Bertz CT molecular complexity index is 1560. The number of nitrogens with zero attached hydrogens (tertiary/aromatic N) is 2. The highest BCUT2D eigenvalue weighted by Crippen LogP contribution is 2.67. The Kier molecular flexibility index (Phi) is 7.79. The Hall–Kier alpha value is -4.09. The summed E-state index contributed by atoms with van der Waals surface area (Å²) in [5.41, 5.74) is 1.17. The van der Waals surface area contributed by atoms with Crippen molar-refractivity contribution in [1.29, 1.82) is 0 Å². The van der Waals surface area contributed by atoms with Crippen LogP contribution in [0, 0.1) is 17.8 Å². The molecule has 0 radical (unpaired) electrons. The summed E-state index contributed by atoms with van der Waals surface area (Å²) >= 11 is 0. The zero-order chi connectivity index (χ0) is 31.2. The summed E-state index contributed by atoms with van der Waals surface area (Å²) in [6.45, 7) is 12.9. The number of rotatable bonds is 7. The fraction of sp³-hybridized carbons (Fsp3) is 0.472. The first-order valence-corrected chi connectivity index (χ1v) is 15.5. The second-order valence-electron chi connectivity index (χ2n) is 12.8. The van der Waals surface area contributed by atoms with Gasteiger partial charge in [-0.05, 0) is 55.4 Å². The highest BCUT2D eigenvalue weighted by Gasteiger charge is 2.75. The molecule has 0 N–H and O–H groups in total. The van der Waals surface area contributed by atoms with Crippen molar-refractivity contribution in [3.63, 3.8) is 0 Å². The standard InChI is InChI=1S/C36H40N2O6/c1-6-19-37-20-18-35-32-27-13-14-29(42-24(4)39)33(32)43-34(35)28(16-17-36(35,30(37)21-27)44-25(5)40)38(22-23(2)3)31(41)15-12-26-10-8-7-9-11-26/h6-11,13-14,23,28,30,34H,1,16-22H2,2-5H3/t28-,30+,34-,35-,36+/m0/s1. The Morgan fingerprint density at radius 2 is 1.91 bits per heavy atom. The van der Waals surface area contributed by atoms with E-state index in [-0.39, 0.29) is 29.9 Å². The quantitative estimate of drug-likeness (QED) is 0.202. The van der Waals surface area contributed by atoms with Crippen LogP contribution in [0.25, 0.3) is 0 Å². The van der Waals surface area contributed by atoms with Crippen molar-refractivity contribution in [3.05, 3.63) is 71.8 Å². The predicted octanol–water partition coefficient (Wildman–Crippen LogP) is 4.43. The van der Waals surface area contributed by atoms with Crippen molar-refractivity contribution < 1.29 is 28.6 Å². The number of ether oxygens (including phenoxy) is 3. The van der Waals surface area contributed by atoms with Crippen LogP contribution in [0.2, 0.25) is 0 Å². The van der Waals surface area contributed by atoms with E-state index < -0.39 is 23.1 Å². The van der Waals surface area contributed by atoms with Crippen LogP contribution in [-0.2, 0) is 31.0 Å². The van der Waals surface area contributed by atoms with Crippen LogP contribution >= 0.6 is 0 Å². The SMILES string of the molecule is C=CCN1CC[C@]23c4c5ccc(OC(C)=O)c4O[C@H]2[C@@H](N(CC(C)C)C(=O)C#Cc2ccccc2)CC[C@@]3(OC(C)=O)[C@H]1C5. The van der Waals surface area contributed by atoms with Crippen molar-refractivity contribution in [2.75, 3.05) is 19.6 Å². The molecule has 0 aromatic heterocycles. The number of piperidine rings is 1. The van der Waals surface area contributed by atoms with E-state index in [2.05, 4.69) is 37.2 Å². The smallest absolute Gasteiger partial charge is 0.308 e. The lowest BCUT2D eigenvalue weighted by molar-refractivity contribution is -0.223. The second kappa shape index (κ2) is 11.4. The van der Waals surface area contributed by atoms with E-state index in [4.69, 9.17) is 14.2 Å². The first-order valence-electron chi connectivity index (χ1n) is 15.5. The van der Waals surface area contributed by atoms with E-state index in [1.807, 2.05) is 47.4 Å². The Balaban J connectivity index is 1.52. The number of carbonyl (C=O) groups excluding carboxylic acids is 3. The lowest BCUT2D eigenvalue weighted by atomic mass is 9.48. The van der Waals surface area contributed by atoms with Crippen LogP contribution in [0.5, 0.6) is 11.5 Å². The lowest BCUT2D eigenvalue weighted by Gasteiger charge is -2.65. The molecule has 8 nitrogen and oxygen atoms in total. The summed E-state index contributed by atoms with van der Waals surface area (Å²) in [5, 5.41) is 0. The molecule has 2 aliphatic carbocycles. The van der Waals surface area contributed by atoms with Crippen LogP contribution in [-0.4, -0.2) is 71.1 Å². The number of benzene rings is 2. The minimum atomic E-state index is -0.892. The maximum atomic E-state index is 14.0. The van der Waals surface area contributed by atoms with Crippen molar-refractivity contribution in [2.24, 2.45) is 5.92 Å². The third-order valence-electron chi connectivity index (χ3n) is 9.74. The van der Waals surface area contributed by atoms with Crippen molar-refractivity contribution in [2.45, 2.75) is 82.6 Å². The number of carbonyl (C=O) groups is 3. The third kappa shape index (κ3) is 4.69. The zero-order valence-electron chi connectivity index (χ0n) is 25.9. The molecule has 5 atom stereocenters. The van der Waals surface area contributed by atoms with Crippen LogP contribution < -0.4 is 9.47 Å². The molecule has 2 bridgehead atoms. The molecule has 1 amide bonds. The molecule has 4 aliphatic rings. The van der Waals surface area contributed by atoms with Gasteiger partial charge >= 0.3 is 11.9 Å². The van der Waals surface area contributed by atoms with Crippen LogP contribution in [0.15, 0.2) is 55.1 Å². The fourth-order valence-electron chi connectivity index (χ4n) is 8.45. The van der Waals surface area contributed by atoms with E-state index in [9.17, 15) is 14.4 Å². The molecule has 8 heteroatoms. The zero-order valence-corrected chi connectivity index (χ0v) is 25.9. The van der Waals surface area contributed by atoms with Crippen molar-refractivity contribution >= 4 is 17.8 Å². The van der Waals surface area contributed by atoms with Gasteiger partial charge in [-0.1, -0.05) is 50.1 Å². The first-order chi connectivity index (χ1) is 21.1. The molecular formula is C36H40N2O6. The monoisotopic (exact) mass is 596 g/mol. The van der Waals surface area contributed by atoms with Crippen molar-refractivity contribution in [1.82, 2.24) is 9.80 Å². The average Bonchev–Trinajstić information content (AvgIpc) is 3.33. The molecule has 2 fully saturated rings. The van der Waals surface area contributed by atoms with Gasteiger partial charge < -0.3 is 19.1 Å². The topological polar surface area (TPSA) is 85.4 Å². The summed E-state index contributed by atoms with van der Waals surface area (Å²) < 4.78 is 19.2. The van der Waals surface area contributed by atoms with E-state index in [0.717, 1.165) is 23.2 Å². The first kappa shape index (κ1) is 30.0. The average molecular weight is 597 g/mol. The van der Waals surface area contributed by atoms with Gasteiger partial charge in [0.25, 0.3) is 5.91 Å². The molecule has 1 spiro atoms. The van der Waals surface area contributed by atoms with Gasteiger partial charge in [0.1, 0.15) is 11.7 Å². The second-order valence-corrected chi connectivity index (χ2v) is 12.8. The summed E-state index contributed by atoms with van der Waals surface area (Å²) in [6.07, 6.45) is 3.79. The maximum absolute atomic E-state index is 14.0. The van der Waals surface area contributed by atoms with E-state index in [0.29, 0.717) is 50.3 Å². The highest BCUT2D eigenvalue weighted by molar-refractivity contribution is 5.94. The van der Waals surface area contributed by atoms with E-state index in [1.54, 1.807) is 6.07 Å². The van der Waals surface area contributed by atoms with Crippen LogP contribution in [0.3, 0.4) is 0 Å². The van der Waals surface area contributed by atoms with E-state index in [1.165, 1.54) is 13.8 Å². The number of esters is 2. The predicted molar refractivity (Wildman–Crippen MR) is 165 cm³/mol. The van der Waals surface area contributed by atoms with Gasteiger partial charge in [0.05, 0.1) is 17.5 Å². The maximum Gasteiger partial charge on any atom is 0.308 e. The molecule has 2 aliphatic heterocycles. The molecule has 6 rings (SSSR count). The highest BCUT2D eigenvalue weighted by atomic mass is 16.6. The van der Waals surface area contributed by atoms with Gasteiger partial charge in [-0.15, -0.1) is 6.58 Å². The minimum Gasteiger partial charge on any atom is -0.483 e.